The van der Waals surface area contributed by atoms with Crippen molar-refractivity contribution in [2.75, 3.05) is 4.72 Å². The van der Waals surface area contributed by atoms with Crippen LogP contribution in [0.1, 0.15) is 0 Å². The minimum Gasteiger partial charge on any atom is -0.506 e. The Kier molecular flexibility index (Phi) is 3.18. The number of aromatic nitrogens is 2. The topological polar surface area (TPSA) is 84.2 Å². The summed E-state index contributed by atoms with van der Waals surface area (Å²) in [6.07, 6.45) is 2.57. The number of hydrogen-bond donors (Lipinski definition) is 2. The first-order valence-corrected chi connectivity index (χ1v) is 6.74. The molecular weight excluding hydrogens is 278 g/mol. The van der Waals surface area contributed by atoms with Crippen LogP contribution >= 0.6 is 11.6 Å². The second-order valence-electron chi connectivity index (χ2n) is 3.62. The van der Waals surface area contributed by atoms with E-state index in [9.17, 15) is 13.5 Å². The van der Waals surface area contributed by atoms with Crippen molar-refractivity contribution in [2.45, 2.75) is 4.90 Å². The Morgan fingerprint density at radius 1 is 1.44 bits per heavy atom. The van der Waals surface area contributed by atoms with Gasteiger partial charge in [-0.2, -0.15) is 5.10 Å². The van der Waals surface area contributed by atoms with Gasteiger partial charge < -0.3 is 5.11 Å². The van der Waals surface area contributed by atoms with E-state index in [2.05, 4.69) is 9.82 Å². The maximum absolute atomic E-state index is 11.9. The number of phenols is 1. The van der Waals surface area contributed by atoms with E-state index in [1.807, 2.05) is 0 Å². The van der Waals surface area contributed by atoms with Gasteiger partial charge in [0, 0.05) is 24.3 Å². The number of hydrogen-bond acceptors (Lipinski definition) is 4. The molecule has 0 atom stereocenters. The average Bonchev–Trinajstić information content (AvgIpc) is 2.70. The fraction of sp³-hybridized carbons (Fsp3) is 0.100. The number of sulfonamides is 1. The average molecular weight is 288 g/mol. The smallest absolute Gasteiger partial charge is 0.265 e. The monoisotopic (exact) mass is 287 g/mol. The van der Waals surface area contributed by atoms with Crippen molar-refractivity contribution in [3.63, 3.8) is 0 Å². The second-order valence-corrected chi connectivity index (χ2v) is 5.74. The molecule has 18 heavy (non-hydrogen) atoms. The lowest BCUT2D eigenvalue weighted by Crippen LogP contribution is -2.12. The molecule has 1 heterocycles. The van der Waals surface area contributed by atoms with Crippen LogP contribution in [0.4, 0.5) is 5.69 Å². The lowest BCUT2D eigenvalue weighted by atomic mass is 10.3. The van der Waals surface area contributed by atoms with Crippen molar-refractivity contribution in [2.24, 2.45) is 7.05 Å². The van der Waals surface area contributed by atoms with Crippen LogP contribution in [0.3, 0.4) is 0 Å². The van der Waals surface area contributed by atoms with E-state index in [1.165, 1.54) is 35.3 Å². The van der Waals surface area contributed by atoms with Gasteiger partial charge in [0.25, 0.3) is 10.0 Å². The van der Waals surface area contributed by atoms with E-state index in [0.717, 1.165) is 0 Å². The Balaban J connectivity index is 2.33. The third-order valence-electron chi connectivity index (χ3n) is 2.20. The van der Waals surface area contributed by atoms with E-state index in [0.29, 0.717) is 5.02 Å². The van der Waals surface area contributed by atoms with Gasteiger partial charge in [-0.3, -0.25) is 9.40 Å². The Morgan fingerprint density at radius 2 is 2.17 bits per heavy atom. The number of aryl methyl sites for hydroxylation is 1. The maximum Gasteiger partial charge on any atom is 0.265 e. The maximum atomic E-state index is 11.9. The van der Waals surface area contributed by atoms with Gasteiger partial charge in [-0.05, 0) is 12.1 Å². The molecule has 1 aromatic heterocycles. The Hall–Kier alpha value is -1.73. The molecule has 0 radical (unpaired) electrons. The molecule has 0 aliphatic carbocycles. The number of nitrogens with one attached hydrogen (secondary N) is 1. The molecule has 0 aliphatic rings. The number of nitrogens with zero attached hydrogens (tertiary/aromatic N) is 2. The Labute approximate surface area is 109 Å². The van der Waals surface area contributed by atoms with Gasteiger partial charge in [-0.15, -0.1) is 0 Å². The van der Waals surface area contributed by atoms with Gasteiger partial charge in [-0.25, -0.2) is 8.42 Å². The lowest BCUT2D eigenvalue weighted by Gasteiger charge is -2.08. The third kappa shape index (κ3) is 2.57. The van der Waals surface area contributed by atoms with E-state index in [1.54, 1.807) is 7.05 Å². The van der Waals surface area contributed by atoms with Crippen LogP contribution in [-0.4, -0.2) is 23.3 Å². The zero-order valence-corrected chi connectivity index (χ0v) is 10.9. The molecule has 0 amide bonds. The van der Waals surface area contributed by atoms with Crippen molar-refractivity contribution in [1.82, 2.24) is 9.78 Å². The summed E-state index contributed by atoms with van der Waals surface area (Å²) in [6, 6.07) is 4.11. The molecule has 2 N–H and O–H groups in total. The van der Waals surface area contributed by atoms with E-state index < -0.39 is 10.0 Å². The minimum atomic E-state index is -3.76. The summed E-state index contributed by atoms with van der Waals surface area (Å²) in [5.74, 6) is -0.241. The lowest BCUT2D eigenvalue weighted by molar-refractivity contribution is 0.477. The summed E-state index contributed by atoms with van der Waals surface area (Å²) in [6.45, 7) is 0. The molecule has 2 aromatic rings. The predicted molar refractivity (Wildman–Crippen MR) is 67.1 cm³/mol. The Bertz CT molecular complexity index is 681. The third-order valence-corrected chi connectivity index (χ3v) is 3.75. The van der Waals surface area contributed by atoms with Crippen LogP contribution in [0, 0.1) is 0 Å². The largest absolute Gasteiger partial charge is 0.506 e. The van der Waals surface area contributed by atoms with Gasteiger partial charge in [0.1, 0.15) is 10.6 Å². The summed E-state index contributed by atoms with van der Waals surface area (Å²) in [5, 5.41) is 13.7. The molecule has 0 aliphatic heterocycles. The predicted octanol–water partition coefficient (Wildman–Crippen LogP) is 1.58. The molecule has 8 heteroatoms. The second kappa shape index (κ2) is 4.51. The fourth-order valence-electron chi connectivity index (χ4n) is 1.33. The molecule has 96 valence electrons. The number of halogens is 1. The van der Waals surface area contributed by atoms with Crippen LogP contribution in [0.15, 0.2) is 35.5 Å². The molecule has 0 spiro atoms. The zero-order chi connectivity index (χ0) is 13.3. The van der Waals surface area contributed by atoms with Gasteiger partial charge in [0.05, 0.1) is 11.9 Å². The highest BCUT2D eigenvalue weighted by atomic mass is 35.5. The quantitative estimate of drug-likeness (QED) is 0.840. The SMILES string of the molecule is Cn1cc(S(=O)(=O)Nc2ccc(Cl)cc2O)cn1. The molecule has 6 nitrogen and oxygen atoms in total. The molecule has 2 rings (SSSR count). The van der Waals surface area contributed by atoms with Crippen molar-refractivity contribution in [3.05, 3.63) is 35.6 Å². The van der Waals surface area contributed by atoms with E-state index >= 15 is 0 Å². The molecule has 0 unspecified atom stereocenters. The van der Waals surface area contributed by atoms with Gasteiger partial charge >= 0.3 is 0 Å². The standard InChI is InChI=1S/C10H10ClN3O3S/c1-14-6-8(5-12-14)18(16,17)13-9-3-2-7(11)4-10(9)15/h2-6,13,15H,1H3. The zero-order valence-electron chi connectivity index (χ0n) is 9.33. The minimum absolute atomic E-state index is 0.0133. The van der Waals surface area contributed by atoms with Gasteiger partial charge in [0.2, 0.25) is 0 Å². The first-order chi connectivity index (χ1) is 8.38. The van der Waals surface area contributed by atoms with E-state index in [4.69, 9.17) is 11.6 Å². The van der Waals surface area contributed by atoms with Crippen LogP contribution in [0.5, 0.6) is 5.75 Å². The molecule has 1 aromatic carbocycles. The highest BCUT2D eigenvalue weighted by Crippen LogP contribution is 2.28. The molecule has 0 fully saturated rings. The van der Waals surface area contributed by atoms with Crippen LogP contribution in [0.2, 0.25) is 5.02 Å². The van der Waals surface area contributed by atoms with Crippen LogP contribution in [-0.2, 0) is 17.1 Å². The first-order valence-electron chi connectivity index (χ1n) is 4.88. The number of aromatic hydroxyl groups is 1. The van der Waals surface area contributed by atoms with Gasteiger partial charge in [0.15, 0.2) is 0 Å². The summed E-state index contributed by atoms with van der Waals surface area (Å²) < 4.78 is 27.5. The van der Waals surface area contributed by atoms with Crippen molar-refractivity contribution >= 4 is 27.3 Å². The normalized spacial score (nSPS) is 11.4. The van der Waals surface area contributed by atoms with Crippen LogP contribution in [0.25, 0.3) is 0 Å². The summed E-state index contributed by atoms with van der Waals surface area (Å²) in [5.41, 5.74) is 0.0586. The van der Waals surface area contributed by atoms with E-state index in [-0.39, 0.29) is 16.3 Å². The molecular formula is C10H10ClN3O3S. The molecule has 0 saturated carbocycles. The highest BCUT2D eigenvalue weighted by molar-refractivity contribution is 7.92. The Morgan fingerprint density at radius 3 is 2.72 bits per heavy atom. The molecule has 0 bridgehead atoms. The first kappa shape index (κ1) is 12.7. The molecule has 0 saturated heterocycles. The number of anilines is 1. The number of benzene rings is 1. The summed E-state index contributed by atoms with van der Waals surface area (Å²) >= 11 is 5.66. The number of phenolic OH excluding ortho intramolecular Hbond substituents is 1. The number of rotatable bonds is 3. The van der Waals surface area contributed by atoms with Crippen molar-refractivity contribution < 1.29 is 13.5 Å². The highest BCUT2D eigenvalue weighted by Gasteiger charge is 2.17. The van der Waals surface area contributed by atoms with Crippen molar-refractivity contribution in [1.29, 1.82) is 0 Å². The van der Waals surface area contributed by atoms with Crippen molar-refractivity contribution in [3.8, 4) is 5.75 Å². The summed E-state index contributed by atoms with van der Waals surface area (Å²) in [4.78, 5) is 0.0133. The van der Waals surface area contributed by atoms with Crippen LogP contribution < -0.4 is 4.72 Å². The fourth-order valence-corrected chi connectivity index (χ4v) is 2.56. The summed E-state index contributed by atoms with van der Waals surface area (Å²) in [7, 11) is -2.15. The van der Waals surface area contributed by atoms with Gasteiger partial charge in [-0.1, -0.05) is 11.6 Å².